The number of rotatable bonds is 7. The van der Waals surface area contributed by atoms with Gasteiger partial charge in [-0.25, -0.2) is 0 Å². The first-order valence-electron chi connectivity index (χ1n) is 6.93. The fourth-order valence-electron chi connectivity index (χ4n) is 2.33. The molecule has 0 saturated heterocycles. The topological polar surface area (TPSA) is 58.1 Å². The van der Waals surface area contributed by atoms with E-state index >= 15 is 0 Å². The summed E-state index contributed by atoms with van der Waals surface area (Å²) in [7, 11) is 4.08. The van der Waals surface area contributed by atoms with E-state index in [2.05, 4.69) is 34.3 Å². The summed E-state index contributed by atoms with van der Waals surface area (Å²) in [5.41, 5.74) is 0.288. The largest absolute Gasteiger partial charge is 0.349 e. The molecule has 0 bridgehead atoms. The Kier molecular flexibility index (Phi) is 6.88. The number of nitrogens with one attached hydrogen (secondary N) is 1. The lowest BCUT2D eigenvalue weighted by molar-refractivity contribution is 0.0923. The van der Waals surface area contributed by atoms with Gasteiger partial charge in [-0.2, -0.15) is 0 Å². The number of likely N-dealkylation sites (N-methyl/N-ethyl adjacent to an activating group) is 1. The Balaban J connectivity index is 2.63. The van der Waals surface area contributed by atoms with Crippen LogP contribution in [0.25, 0.3) is 0 Å². The van der Waals surface area contributed by atoms with Crippen molar-refractivity contribution in [1.29, 1.82) is 0 Å². The molecule has 0 aromatic carbocycles. The van der Waals surface area contributed by atoms with Gasteiger partial charge < -0.3 is 10.2 Å². The van der Waals surface area contributed by atoms with Crippen LogP contribution >= 0.6 is 11.6 Å². The predicted molar refractivity (Wildman–Crippen MR) is 80.9 cm³/mol. The maximum absolute atomic E-state index is 12.0. The number of carbonyl (C=O) groups is 1. The van der Waals surface area contributed by atoms with Crippen LogP contribution in [0.2, 0.25) is 5.15 Å². The molecule has 0 aliphatic rings. The smallest absolute Gasteiger partial charge is 0.271 e. The van der Waals surface area contributed by atoms with Gasteiger partial charge in [0.05, 0.1) is 0 Å². The molecule has 1 rings (SSSR count). The highest BCUT2D eigenvalue weighted by molar-refractivity contribution is 6.29. The highest BCUT2D eigenvalue weighted by atomic mass is 35.5. The van der Waals surface area contributed by atoms with Crippen LogP contribution in [0.15, 0.2) is 12.1 Å². The Hall–Kier alpha value is -1.20. The van der Waals surface area contributed by atoms with Gasteiger partial charge in [0.2, 0.25) is 0 Å². The van der Waals surface area contributed by atoms with Crippen molar-refractivity contribution in [3.05, 3.63) is 23.0 Å². The summed E-state index contributed by atoms with van der Waals surface area (Å²) in [4.78, 5) is 14.2. The zero-order valence-electron chi connectivity index (χ0n) is 12.6. The molecular formula is C14H23ClN4O. The van der Waals surface area contributed by atoms with Gasteiger partial charge in [0.15, 0.2) is 10.8 Å². The van der Waals surface area contributed by atoms with Gasteiger partial charge in [-0.3, -0.25) is 4.79 Å². The maximum atomic E-state index is 12.0. The number of hydrogen-bond donors (Lipinski definition) is 1. The van der Waals surface area contributed by atoms with Crippen LogP contribution in [0.4, 0.5) is 0 Å². The monoisotopic (exact) mass is 298 g/mol. The molecule has 1 N–H and O–H groups in total. The molecule has 6 heteroatoms. The van der Waals surface area contributed by atoms with Gasteiger partial charge >= 0.3 is 0 Å². The SMILES string of the molecule is CCC(CC)C(CNC(=O)c1ccc(Cl)nn1)N(C)C. The van der Waals surface area contributed by atoms with Crippen molar-refractivity contribution in [2.24, 2.45) is 5.92 Å². The summed E-state index contributed by atoms with van der Waals surface area (Å²) in [6.07, 6.45) is 2.19. The molecule has 1 amide bonds. The fraction of sp³-hybridized carbons (Fsp3) is 0.643. The molecule has 1 aromatic heterocycles. The second kappa shape index (κ2) is 8.17. The molecule has 0 spiro atoms. The Bertz CT molecular complexity index is 418. The summed E-state index contributed by atoms with van der Waals surface area (Å²) < 4.78 is 0. The minimum absolute atomic E-state index is 0.216. The summed E-state index contributed by atoms with van der Waals surface area (Å²) in [5, 5.41) is 10.7. The average Bonchev–Trinajstić information content (AvgIpc) is 2.43. The first-order valence-corrected chi connectivity index (χ1v) is 7.31. The number of carbonyl (C=O) groups excluding carboxylic acids is 1. The lowest BCUT2D eigenvalue weighted by atomic mass is 9.93. The van der Waals surface area contributed by atoms with E-state index in [9.17, 15) is 4.79 Å². The first-order chi connectivity index (χ1) is 9.49. The molecule has 0 fully saturated rings. The van der Waals surface area contributed by atoms with Crippen molar-refractivity contribution in [2.75, 3.05) is 20.6 Å². The standard InChI is InChI=1S/C14H23ClN4O/c1-5-10(6-2)12(19(3)4)9-16-14(20)11-7-8-13(15)18-17-11/h7-8,10,12H,5-6,9H2,1-4H3,(H,16,20). The highest BCUT2D eigenvalue weighted by Crippen LogP contribution is 2.16. The normalized spacial score (nSPS) is 12.8. The Morgan fingerprint density at radius 3 is 2.40 bits per heavy atom. The highest BCUT2D eigenvalue weighted by Gasteiger charge is 2.21. The predicted octanol–water partition coefficient (Wildman–Crippen LogP) is 2.23. The third-order valence-corrected chi connectivity index (χ3v) is 3.79. The zero-order valence-corrected chi connectivity index (χ0v) is 13.3. The van der Waals surface area contributed by atoms with Crippen LogP contribution in [0.1, 0.15) is 37.2 Å². The minimum atomic E-state index is -0.216. The summed E-state index contributed by atoms with van der Waals surface area (Å²) in [6, 6.07) is 3.45. The van der Waals surface area contributed by atoms with Gasteiger partial charge in [-0.15, -0.1) is 10.2 Å². The quantitative estimate of drug-likeness (QED) is 0.838. The third kappa shape index (κ3) is 4.72. The van der Waals surface area contributed by atoms with Crippen molar-refractivity contribution in [3.8, 4) is 0 Å². The van der Waals surface area contributed by atoms with Gasteiger partial charge in [0.1, 0.15) is 0 Å². The molecule has 5 nitrogen and oxygen atoms in total. The van der Waals surface area contributed by atoms with Gasteiger partial charge in [-0.1, -0.05) is 38.3 Å². The van der Waals surface area contributed by atoms with Crippen LogP contribution in [-0.4, -0.2) is 47.7 Å². The maximum Gasteiger partial charge on any atom is 0.271 e. The molecule has 1 heterocycles. The summed E-state index contributed by atoms with van der Waals surface area (Å²) >= 11 is 5.65. The van der Waals surface area contributed by atoms with E-state index < -0.39 is 0 Å². The molecule has 0 aliphatic heterocycles. The fourth-order valence-corrected chi connectivity index (χ4v) is 2.43. The van der Waals surface area contributed by atoms with Gasteiger partial charge in [-0.05, 0) is 32.1 Å². The Morgan fingerprint density at radius 2 is 1.95 bits per heavy atom. The third-order valence-electron chi connectivity index (χ3n) is 3.59. The number of aromatic nitrogens is 2. The van der Waals surface area contributed by atoms with Crippen molar-refractivity contribution in [1.82, 2.24) is 20.4 Å². The molecule has 1 atom stereocenters. The average molecular weight is 299 g/mol. The summed E-state index contributed by atoms with van der Waals surface area (Å²) in [5.74, 6) is 0.341. The summed E-state index contributed by atoms with van der Waals surface area (Å²) in [6.45, 7) is 4.96. The van der Waals surface area contributed by atoms with E-state index in [1.807, 2.05) is 14.1 Å². The Labute approximate surface area is 125 Å². The Morgan fingerprint density at radius 1 is 1.30 bits per heavy atom. The molecule has 0 radical (unpaired) electrons. The van der Waals surface area contributed by atoms with E-state index in [-0.39, 0.29) is 16.8 Å². The molecule has 20 heavy (non-hydrogen) atoms. The van der Waals surface area contributed by atoms with Crippen molar-refractivity contribution in [3.63, 3.8) is 0 Å². The van der Waals surface area contributed by atoms with Crippen LogP contribution in [0.5, 0.6) is 0 Å². The van der Waals surface area contributed by atoms with E-state index in [0.717, 1.165) is 12.8 Å². The van der Waals surface area contributed by atoms with Crippen LogP contribution < -0.4 is 5.32 Å². The van der Waals surface area contributed by atoms with Crippen LogP contribution in [0, 0.1) is 5.92 Å². The molecule has 1 unspecified atom stereocenters. The van der Waals surface area contributed by atoms with Crippen molar-refractivity contribution in [2.45, 2.75) is 32.7 Å². The number of halogens is 1. The van der Waals surface area contributed by atoms with Crippen molar-refractivity contribution >= 4 is 17.5 Å². The lowest BCUT2D eigenvalue weighted by Gasteiger charge is -2.31. The number of hydrogen-bond acceptors (Lipinski definition) is 4. The second-order valence-corrected chi connectivity index (χ2v) is 5.45. The zero-order chi connectivity index (χ0) is 15.1. The second-order valence-electron chi connectivity index (χ2n) is 5.06. The number of nitrogens with zero attached hydrogens (tertiary/aromatic N) is 3. The van der Waals surface area contributed by atoms with E-state index in [1.165, 1.54) is 0 Å². The lowest BCUT2D eigenvalue weighted by Crippen LogP contribution is -2.44. The molecule has 1 aromatic rings. The molecular weight excluding hydrogens is 276 g/mol. The van der Waals surface area contributed by atoms with Crippen LogP contribution in [0.3, 0.4) is 0 Å². The molecule has 0 aliphatic carbocycles. The van der Waals surface area contributed by atoms with Crippen LogP contribution in [-0.2, 0) is 0 Å². The van der Waals surface area contributed by atoms with Gasteiger partial charge in [0, 0.05) is 12.6 Å². The van der Waals surface area contributed by atoms with E-state index in [1.54, 1.807) is 12.1 Å². The van der Waals surface area contributed by atoms with Gasteiger partial charge in [0.25, 0.3) is 5.91 Å². The first kappa shape index (κ1) is 16.9. The van der Waals surface area contributed by atoms with E-state index in [4.69, 9.17) is 11.6 Å². The molecule has 0 saturated carbocycles. The van der Waals surface area contributed by atoms with E-state index in [0.29, 0.717) is 18.5 Å². The van der Waals surface area contributed by atoms with Crippen molar-refractivity contribution < 1.29 is 4.79 Å². The number of amides is 1. The molecule has 112 valence electrons. The minimum Gasteiger partial charge on any atom is -0.349 e.